The number of hydrogen-bond donors (Lipinski definition) is 1. The lowest BCUT2D eigenvalue weighted by Gasteiger charge is -2.34. The van der Waals surface area contributed by atoms with E-state index in [0.717, 1.165) is 29.6 Å². The molecule has 1 N–H and O–H groups in total. The highest BCUT2D eigenvalue weighted by molar-refractivity contribution is 5.83. The van der Waals surface area contributed by atoms with Crippen LogP contribution in [0.5, 0.6) is 5.75 Å². The summed E-state index contributed by atoms with van der Waals surface area (Å²) in [5, 5.41) is 11.0. The minimum absolute atomic E-state index is 0.0867. The van der Waals surface area contributed by atoms with Gasteiger partial charge in [0.05, 0.1) is 19.4 Å². The lowest BCUT2D eigenvalue weighted by molar-refractivity contribution is -0.138. The first kappa shape index (κ1) is 18.2. The molecule has 26 heavy (non-hydrogen) atoms. The molecule has 2 aromatic carbocycles. The number of carbonyl (C=O) groups excluding carboxylic acids is 1. The Bertz CT molecular complexity index is 769. The van der Waals surface area contributed by atoms with Crippen molar-refractivity contribution >= 4 is 22.6 Å². The van der Waals surface area contributed by atoms with Crippen LogP contribution in [0.1, 0.15) is 12.8 Å². The first-order valence-corrected chi connectivity index (χ1v) is 8.95. The van der Waals surface area contributed by atoms with Crippen molar-refractivity contribution < 1.29 is 19.4 Å². The zero-order valence-corrected chi connectivity index (χ0v) is 14.8. The summed E-state index contributed by atoms with van der Waals surface area (Å²) < 4.78 is 5.74. The van der Waals surface area contributed by atoms with Gasteiger partial charge in [-0.25, -0.2) is 0 Å². The van der Waals surface area contributed by atoms with E-state index in [4.69, 9.17) is 9.84 Å². The van der Waals surface area contributed by atoms with Crippen LogP contribution < -0.4 is 4.74 Å². The van der Waals surface area contributed by atoms with Gasteiger partial charge in [0.1, 0.15) is 5.75 Å². The molecule has 1 aliphatic rings. The van der Waals surface area contributed by atoms with E-state index in [1.807, 2.05) is 41.3 Å². The van der Waals surface area contributed by atoms with E-state index < -0.39 is 5.97 Å². The molecule has 1 heterocycles. The van der Waals surface area contributed by atoms with Crippen LogP contribution in [0.2, 0.25) is 0 Å². The maximum absolute atomic E-state index is 12.3. The summed E-state index contributed by atoms with van der Waals surface area (Å²) in [7, 11) is 0. The monoisotopic (exact) mass is 356 g/mol. The maximum Gasteiger partial charge on any atom is 0.304 e. The summed E-state index contributed by atoms with van der Waals surface area (Å²) in [6.07, 6.45) is 0.496. The van der Waals surface area contributed by atoms with Gasteiger partial charge in [0.25, 0.3) is 0 Å². The molecule has 0 aliphatic carbocycles. The number of benzene rings is 2. The molecule has 0 bridgehead atoms. The van der Waals surface area contributed by atoms with E-state index >= 15 is 0 Å². The van der Waals surface area contributed by atoms with Crippen molar-refractivity contribution in [3.05, 3.63) is 42.5 Å². The zero-order valence-electron chi connectivity index (χ0n) is 14.8. The third-order valence-corrected chi connectivity index (χ3v) is 4.67. The van der Waals surface area contributed by atoms with Gasteiger partial charge >= 0.3 is 5.97 Å². The number of carboxylic acid groups (broad SMARTS) is 1. The number of fused-ring (bicyclic) bond motifs is 1. The third-order valence-electron chi connectivity index (χ3n) is 4.67. The fraction of sp³-hybridized carbons (Fsp3) is 0.400. The number of nitrogens with zero attached hydrogens (tertiary/aromatic N) is 2. The molecule has 6 nitrogen and oxygen atoms in total. The van der Waals surface area contributed by atoms with Crippen molar-refractivity contribution in [2.75, 3.05) is 39.3 Å². The average molecular weight is 356 g/mol. The van der Waals surface area contributed by atoms with E-state index in [1.165, 1.54) is 0 Å². The van der Waals surface area contributed by atoms with Crippen LogP contribution in [-0.2, 0) is 9.59 Å². The van der Waals surface area contributed by atoms with Crippen LogP contribution >= 0.6 is 0 Å². The molecule has 138 valence electrons. The quantitative estimate of drug-likeness (QED) is 0.824. The fourth-order valence-corrected chi connectivity index (χ4v) is 3.15. The lowest BCUT2D eigenvalue weighted by Crippen LogP contribution is -2.49. The molecule has 0 saturated carbocycles. The van der Waals surface area contributed by atoms with Crippen molar-refractivity contribution in [3.63, 3.8) is 0 Å². The number of hydrogen-bond acceptors (Lipinski definition) is 4. The Kier molecular flexibility index (Phi) is 6.07. The maximum atomic E-state index is 12.3. The number of ether oxygens (including phenoxy) is 1. The van der Waals surface area contributed by atoms with E-state index in [2.05, 4.69) is 11.0 Å². The molecule has 2 aromatic rings. The van der Waals surface area contributed by atoms with Gasteiger partial charge in [-0.05, 0) is 22.9 Å². The molecular weight excluding hydrogens is 332 g/mol. The van der Waals surface area contributed by atoms with Crippen molar-refractivity contribution in [1.29, 1.82) is 0 Å². The van der Waals surface area contributed by atoms with Crippen molar-refractivity contribution in [2.24, 2.45) is 0 Å². The molecule has 0 radical (unpaired) electrons. The number of aliphatic carboxylic acids is 1. The molecule has 1 fully saturated rings. The number of rotatable bonds is 7. The summed E-state index contributed by atoms with van der Waals surface area (Å²) in [5.74, 6) is 0.0769. The second kappa shape index (κ2) is 8.67. The van der Waals surface area contributed by atoms with Gasteiger partial charge in [-0.2, -0.15) is 0 Å². The highest BCUT2D eigenvalue weighted by Gasteiger charge is 2.21. The average Bonchev–Trinajstić information content (AvgIpc) is 2.66. The predicted molar refractivity (Wildman–Crippen MR) is 99.3 cm³/mol. The fourth-order valence-electron chi connectivity index (χ4n) is 3.15. The standard InChI is InChI=1S/C20H24N2O4/c23-19(22-12-10-21(11-13-22)9-7-20(24)25)8-14-26-18-6-5-16-3-1-2-4-17(16)15-18/h1-6,15H,7-14H2,(H,24,25). The smallest absolute Gasteiger partial charge is 0.304 e. The molecule has 0 atom stereocenters. The molecule has 6 heteroatoms. The zero-order chi connectivity index (χ0) is 18.4. The van der Waals surface area contributed by atoms with Gasteiger partial charge in [0.2, 0.25) is 5.91 Å². The Morgan fingerprint density at radius 3 is 2.42 bits per heavy atom. The molecule has 3 rings (SSSR count). The van der Waals surface area contributed by atoms with Gasteiger partial charge in [0.15, 0.2) is 0 Å². The minimum Gasteiger partial charge on any atom is -0.493 e. The van der Waals surface area contributed by atoms with Crippen molar-refractivity contribution in [1.82, 2.24) is 9.80 Å². The first-order chi connectivity index (χ1) is 12.6. The Labute approximate surface area is 153 Å². The van der Waals surface area contributed by atoms with Crippen LogP contribution in [-0.4, -0.2) is 66.1 Å². The highest BCUT2D eigenvalue weighted by Crippen LogP contribution is 2.20. The second-order valence-corrected chi connectivity index (χ2v) is 6.47. The number of amides is 1. The van der Waals surface area contributed by atoms with E-state index in [0.29, 0.717) is 32.7 Å². The van der Waals surface area contributed by atoms with E-state index in [9.17, 15) is 9.59 Å². The van der Waals surface area contributed by atoms with Crippen molar-refractivity contribution in [2.45, 2.75) is 12.8 Å². The van der Waals surface area contributed by atoms with Gasteiger partial charge in [-0.15, -0.1) is 0 Å². The number of carbonyl (C=O) groups is 2. The Hall–Kier alpha value is -2.60. The topological polar surface area (TPSA) is 70.1 Å². The molecular formula is C20H24N2O4. The third kappa shape index (κ3) is 4.95. The van der Waals surface area contributed by atoms with Crippen molar-refractivity contribution in [3.8, 4) is 5.75 Å². The predicted octanol–water partition coefficient (Wildman–Crippen LogP) is 2.23. The molecule has 1 amide bonds. The normalized spacial score (nSPS) is 15.2. The molecule has 0 aromatic heterocycles. The highest BCUT2D eigenvalue weighted by atomic mass is 16.5. The second-order valence-electron chi connectivity index (χ2n) is 6.47. The van der Waals surface area contributed by atoms with Crippen LogP contribution in [0.3, 0.4) is 0 Å². The minimum atomic E-state index is -0.783. The Morgan fingerprint density at radius 1 is 0.962 bits per heavy atom. The molecule has 0 spiro atoms. The molecule has 0 unspecified atom stereocenters. The van der Waals surface area contributed by atoms with Gasteiger partial charge in [-0.1, -0.05) is 30.3 Å². The van der Waals surface area contributed by atoms with Gasteiger partial charge in [-0.3, -0.25) is 14.5 Å². The Balaban J connectivity index is 1.40. The van der Waals surface area contributed by atoms with E-state index in [1.54, 1.807) is 0 Å². The Morgan fingerprint density at radius 2 is 1.69 bits per heavy atom. The summed E-state index contributed by atoms with van der Waals surface area (Å²) in [6, 6.07) is 14.0. The molecule has 1 saturated heterocycles. The van der Waals surface area contributed by atoms with Crippen LogP contribution in [0.4, 0.5) is 0 Å². The van der Waals surface area contributed by atoms with Gasteiger partial charge < -0.3 is 14.7 Å². The summed E-state index contributed by atoms with van der Waals surface area (Å²) in [6.45, 7) is 3.65. The summed E-state index contributed by atoms with van der Waals surface area (Å²) in [5.41, 5.74) is 0. The van der Waals surface area contributed by atoms with Crippen LogP contribution in [0.15, 0.2) is 42.5 Å². The number of piperazine rings is 1. The van der Waals surface area contributed by atoms with Crippen LogP contribution in [0, 0.1) is 0 Å². The SMILES string of the molecule is O=C(O)CCN1CCN(C(=O)CCOc2ccc3ccccc3c2)CC1. The molecule has 1 aliphatic heterocycles. The summed E-state index contributed by atoms with van der Waals surface area (Å²) in [4.78, 5) is 26.8. The van der Waals surface area contributed by atoms with Crippen LogP contribution in [0.25, 0.3) is 10.8 Å². The first-order valence-electron chi connectivity index (χ1n) is 8.95. The summed E-state index contributed by atoms with van der Waals surface area (Å²) >= 11 is 0. The number of carboxylic acids is 1. The lowest BCUT2D eigenvalue weighted by atomic mass is 10.1. The van der Waals surface area contributed by atoms with E-state index in [-0.39, 0.29) is 12.3 Å². The van der Waals surface area contributed by atoms with Gasteiger partial charge in [0, 0.05) is 32.7 Å². The largest absolute Gasteiger partial charge is 0.493 e.